The van der Waals surface area contributed by atoms with Crippen LogP contribution in [0, 0.1) is 11.8 Å². The number of nitrogens with two attached hydrogens (primary N) is 1. The lowest BCUT2D eigenvalue weighted by atomic mass is 9.84. The van der Waals surface area contributed by atoms with Crippen LogP contribution in [0.3, 0.4) is 0 Å². The molecule has 3 atom stereocenters. The number of hydrogen-bond donors (Lipinski definition) is 2. The second kappa shape index (κ2) is 6.02. The maximum atomic E-state index is 5.84. The summed E-state index contributed by atoms with van der Waals surface area (Å²) in [4.78, 5) is 0. The SMILES string of the molecule is C[C@H](NC1CCCC1CN)C1CCCCC1. The molecule has 2 fully saturated rings. The molecule has 94 valence electrons. The molecular weight excluding hydrogens is 196 g/mol. The van der Waals surface area contributed by atoms with Crippen LogP contribution in [0.15, 0.2) is 0 Å². The van der Waals surface area contributed by atoms with E-state index in [4.69, 9.17) is 5.73 Å². The van der Waals surface area contributed by atoms with Crippen molar-refractivity contribution < 1.29 is 0 Å². The summed E-state index contributed by atoms with van der Waals surface area (Å²) < 4.78 is 0. The van der Waals surface area contributed by atoms with E-state index in [1.54, 1.807) is 0 Å². The van der Waals surface area contributed by atoms with Crippen LogP contribution in [0.25, 0.3) is 0 Å². The van der Waals surface area contributed by atoms with Crippen LogP contribution in [0.1, 0.15) is 58.3 Å². The largest absolute Gasteiger partial charge is 0.330 e. The lowest BCUT2D eigenvalue weighted by Crippen LogP contribution is -2.44. The van der Waals surface area contributed by atoms with Gasteiger partial charge in [-0.3, -0.25) is 0 Å². The van der Waals surface area contributed by atoms with Gasteiger partial charge in [-0.15, -0.1) is 0 Å². The van der Waals surface area contributed by atoms with E-state index in [1.807, 2.05) is 0 Å². The predicted octanol–water partition coefficient (Wildman–Crippen LogP) is 2.67. The van der Waals surface area contributed by atoms with Gasteiger partial charge in [-0.05, 0) is 51.0 Å². The van der Waals surface area contributed by atoms with Crippen molar-refractivity contribution in [3.8, 4) is 0 Å². The fourth-order valence-electron chi connectivity index (χ4n) is 3.65. The highest BCUT2D eigenvalue weighted by Gasteiger charge is 2.29. The molecule has 2 nitrogen and oxygen atoms in total. The zero-order valence-corrected chi connectivity index (χ0v) is 10.8. The molecule has 3 N–H and O–H groups in total. The van der Waals surface area contributed by atoms with Crippen molar-refractivity contribution in [3.63, 3.8) is 0 Å². The van der Waals surface area contributed by atoms with Gasteiger partial charge in [0.25, 0.3) is 0 Å². The summed E-state index contributed by atoms with van der Waals surface area (Å²) in [6, 6.07) is 1.42. The molecular formula is C14H28N2. The monoisotopic (exact) mass is 224 g/mol. The number of nitrogens with one attached hydrogen (secondary N) is 1. The van der Waals surface area contributed by atoms with Crippen molar-refractivity contribution in [2.45, 2.75) is 70.4 Å². The van der Waals surface area contributed by atoms with E-state index in [2.05, 4.69) is 12.2 Å². The molecule has 0 aromatic rings. The zero-order chi connectivity index (χ0) is 11.4. The van der Waals surface area contributed by atoms with E-state index >= 15 is 0 Å². The van der Waals surface area contributed by atoms with Gasteiger partial charge >= 0.3 is 0 Å². The van der Waals surface area contributed by atoms with Crippen LogP contribution in [0.2, 0.25) is 0 Å². The Morgan fingerprint density at radius 3 is 2.50 bits per heavy atom. The van der Waals surface area contributed by atoms with Crippen molar-refractivity contribution in [2.75, 3.05) is 6.54 Å². The standard InChI is InChI=1S/C14H28N2/c1-11(12-6-3-2-4-7-12)16-14-9-5-8-13(14)10-15/h11-14,16H,2-10,15H2,1H3/t11-,13?,14?/m0/s1. The molecule has 0 saturated heterocycles. The van der Waals surface area contributed by atoms with Crippen molar-refractivity contribution in [1.82, 2.24) is 5.32 Å². The van der Waals surface area contributed by atoms with Crippen LogP contribution in [0.4, 0.5) is 0 Å². The second-order valence-electron chi connectivity index (χ2n) is 5.89. The van der Waals surface area contributed by atoms with Gasteiger partial charge in [-0.2, -0.15) is 0 Å². The molecule has 2 aliphatic carbocycles. The molecule has 2 saturated carbocycles. The molecule has 0 amide bonds. The van der Waals surface area contributed by atoms with Crippen molar-refractivity contribution in [1.29, 1.82) is 0 Å². The van der Waals surface area contributed by atoms with Crippen LogP contribution in [-0.2, 0) is 0 Å². The molecule has 0 bridgehead atoms. The highest BCUT2D eigenvalue weighted by molar-refractivity contribution is 4.87. The van der Waals surface area contributed by atoms with Gasteiger partial charge in [0.05, 0.1) is 0 Å². The molecule has 0 aromatic carbocycles. The van der Waals surface area contributed by atoms with Crippen molar-refractivity contribution in [2.24, 2.45) is 17.6 Å². The number of hydrogen-bond acceptors (Lipinski definition) is 2. The minimum atomic E-state index is 0.706. The smallest absolute Gasteiger partial charge is 0.0110 e. The first kappa shape index (κ1) is 12.4. The summed E-state index contributed by atoms with van der Waals surface area (Å²) >= 11 is 0. The molecule has 0 aromatic heterocycles. The Hall–Kier alpha value is -0.0800. The topological polar surface area (TPSA) is 38.0 Å². The first-order valence-electron chi connectivity index (χ1n) is 7.27. The van der Waals surface area contributed by atoms with E-state index in [0.29, 0.717) is 12.1 Å². The first-order valence-corrected chi connectivity index (χ1v) is 7.27. The van der Waals surface area contributed by atoms with Gasteiger partial charge in [0.2, 0.25) is 0 Å². The highest BCUT2D eigenvalue weighted by atomic mass is 15.0. The van der Waals surface area contributed by atoms with Gasteiger partial charge in [0, 0.05) is 12.1 Å². The average Bonchev–Trinajstić information content (AvgIpc) is 2.77. The third kappa shape index (κ3) is 2.98. The maximum Gasteiger partial charge on any atom is 0.0110 e. The molecule has 2 rings (SSSR count). The molecule has 0 radical (unpaired) electrons. The van der Waals surface area contributed by atoms with Crippen molar-refractivity contribution in [3.05, 3.63) is 0 Å². The molecule has 2 aliphatic rings. The van der Waals surface area contributed by atoms with Gasteiger partial charge in [-0.25, -0.2) is 0 Å². The summed E-state index contributed by atoms with van der Waals surface area (Å²) in [5.41, 5.74) is 5.84. The molecule has 2 unspecified atom stereocenters. The average molecular weight is 224 g/mol. The summed E-state index contributed by atoms with van der Waals surface area (Å²) in [5, 5.41) is 3.87. The third-order valence-corrected chi connectivity index (χ3v) is 4.80. The van der Waals surface area contributed by atoms with E-state index in [0.717, 1.165) is 18.4 Å². The van der Waals surface area contributed by atoms with Crippen LogP contribution < -0.4 is 11.1 Å². The Morgan fingerprint density at radius 2 is 1.81 bits per heavy atom. The Balaban J connectivity index is 1.78. The summed E-state index contributed by atoms with van der Waals surface area (Å²) in [7, 11) is 0. The highest BCUT2D eigenvalue weighted by Crippen LogP contribution is 2.29. The summed E-state index contributed by atoms with van der Waals surface area (Å²) in [6.45, 7) is 3.26. The Labute approximate surface area is 100 Å². The van der Waals surface area contributed by atoms with Gasteiger partial charge in [0.15, 0.2) is 0 Å². The number of rotatable bonds is 4. The van der Waals surface area contributed by atoms with E-state index in [1.165, 1.54) is 51.4 Å². The lowest BCUT2D eigenvalue weighted by Gasteiger charge is -2.32. The Bertz CT molecular complexity index is 199. The van der Waals surface area contributed by atoms with Crippen LogP contribution >= 0.6 is 0 Å². The quantitative estimate of drug-likeness (QED) is 0.770. The Morgan fingerprint density at radius 1 is 1.06 bits per heavy atom. The summed E-state index contributed by atoms with van der Waals surface area (Å²) in [5.74, 6) is 1.67. The molecule has 0 aliphatic heterocycles. The fraction of sp³-hybridized carbons (Fsp3) is 1.00. The minimum Gasteiger partial charge on any atom is -0.330 e. The van der Waals surface area contributed by atoms with Gasteiger partial charge in [-0.1, -0.05) is 25.7 Å². The minimum absolute atomic E-state index is 0.706. The third-order valence-electron chi connectivity index (χ3n) is 4.80. The normalized spacial score (nSPS) is 34.1. The molecule has 0 spiro atoms. The summed E-state index contributed by atoms with van der Waals surface area (Å²) in [6.07, 6.45) is 11.3. The van der Waals surface area contributed by atoms with Crippen molar-refractivity contribution >= 4 is 0 Å². The predicted molar refractivity (Wildman–Crippen MR) is 69.4 cm³/mol. The van der Waals surface area contributed by atoms with E-state index in [-0.39, 0.29) is 0 Å². The zero-order valence-electron chi connectivity index (χ0n) is 10.8. The maximum absolute atomic E-state index is 5.84. The van der Waals surface area contributed by atoms with E-state index < -0.39 is 0 Å². The van der Waals surface area contributed by atoms with Crippen LogP contribution in [0.5, 0.6) is 0 Å². The Kier molecular flexibility index (Phi) is 4.66. The van der Waals surface area contributed by atoms with Crippen LogP contribution in [-0.4, -0.2) is 18.6 Å². The van der Waals surface area contributed by atoms with Gasteiger partial charge in [0.1, 0.15) is 0 Å². The second-order valence-corrected chi connectivity index (χ2v) is 5.89. The lowest BCUT2D eigenvalue weighted by molar-refractivity contribution is 0.248. The first-order chi connectivity index (χ1) is 7.81. The molecule has 2 heteroatoms. The molecule has 16 heavy (non-hydrogen) atoms. The van der Waals surface area contributed by atoms with Gasteiger partial charge < -0.3 is 11.1 Å². The van der Waals surface area contributed by atoms with E-state index in [9.17, 15) is 0 Å². The molecule has 0 heterocycles. The fourth-order valence-corrected chi connectivity index (χ4v) is 3.65.